The second kappa shape index (κ2) is 11.5. The molecule has 5 heterocycles. The molecular weight excluding hydrogens is 599 g/mol. The number of halogens is 4. The molecule has 4 aromatic rings. The molecule has 2 aromatic carbocycles. The number of nitrogens with zero attached hydrogens (tertiary/aromatic N) is 5. The summed E-state index contributed by atoms with van der Waals surface area (Å²) in [7, 11) is 0. The van der Waals surface area contributed by atoms with Crippen molar-refractivity contribution in [2.45, 2.75) is 51.6 Å². The summed E-state index contributed by atoms with van der Waals surface area (Å²) in [6, 6.07) is 8.94. The molecule has 2 aromatic heterocycles. The number of piperazine rings is 1. The number of benzene rings is 2. The van der Waals surface area contributed by atoms with Crippen LogP contribution in [0.5, 0.6) is 0 Å². The lowest BCUT2D eigenvalue weighted by molar-refractivity contribution is -0.137. The van der Waals surface area contributed by atoms with E-state index in [9.17, 15) is 22.8 Å². The van der Waals surface area contributed by atoms with Crippen LogP contribution in [-0.2, 0) is 40.9 Å². The van der Waals surface area contributed by atoms with Gasteiger partial charge in [0.15, 0.2) is 5.82 Å². The van der Waals surface area contributed by atoms with Crippen molar-refractivity contribution in [1.82, 2.24) is 24.5 Å². The van der Waals surface area contributed by atoms with Gasteiger partial charge in [0.1, 0.15) is 5.69 Å². The minimum Gasteiger partial charge on any atom is -0.366 e. The van der Waals surface area contributed by atoms with Crippen LogP contribution in [0.15, 0.2) is 41.2 Å². The van der Waals surface area contributed by atoms with E-state index >= 15 is 0 Å². The van der Waals surface area contributed by atoms with Gasteiger partial charge in [0.25, 0.3) is 5.56 Å². The molecule has 3 aliphatic rings. The Kier molecular flexibility index (Phi) is 7.89. The molecule has 2 N–H and O–H groups in total. The van der Waals surface area contributed by atoms with Gasteiger partial charge >= 0.3 is 6.18 Å². The smallest absolute Gasteiger partial charge is 0.366 e. The molecule has 0 saturated carbocycles. The summed E-state index contributed by atoms with van der Waals surface area (Å²) in [6.07, 6.45) is -2.14. The van der Waals surface area contributed by atoms with Gasteiger partial charge in [-0.1, -0.05) is 23.7 Å². The number of aryl methyl sites for hydroxylation is 1. The van der Waals surface area contributed by atoms with Crippen LogP contribution in [-0.4, -0.2) is 51.8 Å². The highest BCUT2D eigenvalue weighted by molar-refractivity contribution is 6.33. The number of hydrogen-bond donors (Lipinski definition) is 2. The maximum atomic E-state index is 13.5. The van der Waals surface area contributed by atoms with Crippen molar-refractivity contribution in [3.63, 3.8) is 0 Å². The number of amides is 1. The summed E-state index contributed by atoms with van der Waals surface area (Å²) in [5.41, 5.74) is 4.19. The van der Waals surface area contributed by atoms with E-state index in [1.807, 2.05) is 6.07 Å². The van der Waals surface area contributed by atoms with Crippen LogP contribution >= 0.6 is 11.6 Å². The molecule has 0 unspecified atom stereocenters. The van der Waals surface area contributed by atoms with E-state index in [0.717, 1.165) is 86.3 Å². The summed E-state index contributed by atoms with van der Waals surface area (Å²) >= 11 is 5.49. The van der Waals surface area contributed by atoms with Gasteiger partial charge in [-0.3, -0.25) is 9.59 Å². The van der Waals surface area contributed by atoms with Gasteiger partial charge in [0.2, 0.25) is 12.2 Å². The average Bonchev–Trinajstić information content (AvgIpc) is 3.72. The zero-order valence-corrected chi connectivity index (χ0v) is 24.9. The van der Waals surface area contributed by atoms with Crippen molar-refractivity contribution in [2.75, 3.05) is 36.4 Å². The van der Waals surface area contributed by atoms with Gasteiger partial charge in [0, 0.05) is 38.3 Å². The van der Waals surface area contributed by atoms with Crippen molar-refractivity contribution < 1.29 is 22.7 Å². The maximum absolute atomic E-state index is 13.5. The maximum Gasteiger partial charge on any atom is 0.416 e. The predicted octanol–water partition coefficient (Wildman–Crippen LogP) is 4.61. The van der Waals surface area contributed by atoms with Gasteiger partial charge in [-0.25, -0.2) is 0 Å². The third-order valence-electron chi connectivity index (χ3n) is 8.17. The fraction of sp³-hybridized carbons (Fsp3) is 0.400. The molecule has 0 atom stereocenters. The van der Waals surface area contributed by atoms with Gasteiger partial charge < -0.3 is 24.8 Å². The number of carbonyl (C=O) groups excluding carboxylic acids is 1. The van der Waals surface area contributed by atoms with Crippen LogP contribution in [0.3, 0.4) is 0 Å². The van der Waals surface area contributed by atoms with Gasteiger partial charge in [-0.15, -0.1) is 5.10 Å². The number of anilines is 2. The molecule has 10 nitrogen and oxygen atoms in total. The number of ether oxygens (including phenoxy) is 1. The van der Waals surface area contributed by atoms with E-state index in [2.05, 4.69) is 51.2 Å². The van der Waals surface area contributed by atoms with Crippen molar-refractivity contribution in [3.8, 4) is 11.4 Å². The fourth-order valence-electron chi connectivity index (χ4n) is 5.96. The summed E-state index contributed by atoms with van der Waals surface area (Å²) in [6.45, 7) is 9.12. The molecule has 7 rings (SSSR count). The third kappa shape index (κ3) is 5.55. The Labute approximate surface area is 255 Å². The lowest BCUT2D eigenvalue weighted by Crippen LogP contribution is -2.46. The van der Waals surface area contributed by atoms with Crippen LogP contribution < -0.4 is 21.1 Å². The van der Waals surface area contributed by atoms with Crippen LogP contribution in [0.2, 0.25) is 5.02 Å². The lowest BCUT2D eigenvalue weighted by Gasteiger charge is -2.30. The Morgan fingerprint density at radius 1 is 1.11 bits per heavy atom. The lowest BCUT2D eigenvalue weighted by atomic mass is 9.94. The number of aromatic nitrogens is 4. The molecule has 3 aliphatic heterocycles. The Hall–Kier alpha value is -3.94. The molecule has 0 aliphatic carbocycles. The Morgan fingerprint density at radius 3 is 2.59 bits per heavy atom. The Bertz CT molecular complexity index is 1800. The molecular formula is C30H31ClF3N7O3. The molecule has 14 heteroatoms. The van der Waals surface area contributed by atoms with Crippen LogP contribution in [0.1, 0.15) is 42.7 Å². The van der Waals surface area contributed by atoms with Gasteiger partial charge in [-0.05, 0) is 62.1 Å². The first-order chi connectivity index (χ1) is 21.0. The molecule has 232 valence electrons. The number of hydrogen-bond acceptors (Lipinski definition) is 7. The first-order valence-electron chi connectivity index (χ1n) is 14.3. The summed E-state index contributed by atoms with van der Waals surface area (Å²) in [5, 5.41) is 10.1. The highest BCUT2D eigenvalue weighted by Gasteiger charge is 2.32. The van der Waals surface area contributed by atoms with E-state index in [1.165, 1.54) is 10.1 Å². The van der Waals surface area contributed by atoms with E-state index in [-0.39, 0.29) is 21.9 Å². The largest absolute Gasteiger partial charge is 0.416 e. The minimum absolute atomic E-state index is 0.0515. The fourth-order valence-corrected chi connectivity index (χ4v) is 6.19. The topological polar surface area (TPSA) is 106 Å². The number of carbonyl (C=O) groups is 1. The van der Waals surface area contributed by atoms with E-state index < -0.39 is 11.7 Å². The second-order valence-corrected chi connectivity index (χ2v) is 11.8. The van der Waals surface area contributed by atoms with E-state index in [4.69, 9.17) is 21.3 Å². The van der Waals surface area contributed by atoms with Gasteiger partial charge in [-0.2, -0.15) is 22.7 Å². The highest BCUT2D eigenvalue weighted by Crippen LogP contribution is 2.38. The van der Waals surface area contributed by atoms with Crippen LogP contribution in [0, 0.1) is 0 Å². The quantitative estimate of drug-likeness (QED) is 0.318. The Morgan fingerprint density at radius 2 is 1.89 bits per heavy atom. The normalized spacial score (nSPS) is 17.2. The first kappa shape index (κ1) is 30.1. The zero-order valence-electron chi connectivity index (χ0n) is 24.2. The molecule has 0 radical (unpaired) electrons. The van der Waals surface area contributed by atoms with Crippen molar-refractivity contribution in [1.29, 1.82) is 0 Å². The zero-order chi connectivity index (χ0) is 31.2. The molecule has 1 fully saturated rings. The average molecular weight is 630 g/mol. The predicted molar refractivity (Wildman–Crippen MR) is 160 cm³/mol. The number of alkyl halides is 3. The molecule has 1 saturated heterocycles. The van der Waals surface area contributed by atoms with Crippen molar-refractivity contribution >= 4 is 35.2 Å². The van der Waals surface area contributed by atoms with Crippen LogP contribution in [0.4, 0.5) is 24.5 Å². The first-order valence-corrected chi connectivity index (χ1v) is 14.7. The highest BCUT2D eigenvalue weighted by atomic mass is 35.5. The minimum atomic E-state index is -4.43. The summed E-state index contributed by atoms with van der Waals surface area (Å²) < 4.78 is 46.0. The second-order valence-electron chi connectivity index (χ2n) is 11.4. The molecule has 44 heavy (non-hydrogen) atoms. The van der Waals surface area contributed by atoms with Crippen molar-refractivity contribution in [3.05, 3.63) is 74.2 Å². The van der Waals surface area contributed by atoms with Gasteiger partial charge in [0.05, 0.1) is 34.2 Å². The summed E-state index contributed by atoms with van der Waals surface area (Å²) in [4.78, 5) is 30.5. The van der Waals surface area contributed by atoms with Crippen molar-refractivity contribution in [2.24, 2.45) is 0 Å². The molecule has 1 amide bonds. The molecule has 0 spiro atoms. The summed E-state index contributed by atoms with van der Waals surface area (Å²) in [5.74, 6) is 1.25. The SMILES string of the molecule is CC1(C)OCc2cc(-c3nc4n5c(c(N6CCNCC6)c(=O)n4n3)CCC5)ccc21.O=CNc1ccc(C(F)(F)F)cc1Cl. The number of rotatable bonds is 4. The molecule has 0 bridgehead atoms. The monoisotopic (exact) mass is 629 g/mol. The number of nitrogens with one attached hydrogen (secondary N) is 2. The standard InChI is InChI=1S/C22H26N6O2.C8H5ClF3NO/c1-22(2)16-6-5-14(12-15(16)13-30-22)19-24-21-27-9-3-4-17(27)18(20(29)28(21)25-19)26-10-7-23-8-11-26;9-6-3-5(8(10,11)12)1-2-7(6)13-4-14/h5-6,12,23H,3-4,7-11,13H2,1-2H3;1-4H,(H,13,14). The van der Waals surface area contributed by atoms with Crippen LogP contribution in [0.25, 0.3) is 17.2 Å². The Balaban J connectivity index is 0.000000208. The van der Waals surface area contributed by atoms with E-state index in [1.54, 1.807) is 0 Å². The number of fused-ring (bicyclic) bond motifs is 4. The van der Waals surface area contributed by atoms with E-state index in [0.29, 0.717) is 24.6 Å². The third-order valence-corrected chi connectivity index (χ3v) is 8.48.